The maximum Gasteiger partial charge on any atom is 0.329 e. The van der Waals surface area contributed by atoms with E-state index in [1.807, 2.05) is 38.1 Å². The number of ether oxygens (including phenoxy) is 1. The number of benzene rings is 1. The number of H-pyrrole nitrogens is 1. The summed E-state index contributed by atoms with van der Waals surface area (Å²) in [6.45, 7) is 4.93. The fraction of sp³-hybridized carbons (Fsp3) is 0.391. The third-order valence-electron chi connectivity index (χ3n) is 5.33. The number of aryl methyl sites for hydroxylation is 2. The number of aromatic nitrogens is 3. The molecule has 2 N–H and O–H groups in total. The number of carbonyl (C=O) groups excluding carboxylic acids is 1. The van der Waals surface area contributed by atoms with Crippen LogP contribution in [0.25, 0.3) is 11.0 Å². The number of aromatic amines is 1. The van der Waals surface area contributed by atoms with E-state index in [1.165, 1.54) is 4.57 Å². The molecule has 1 saturated carbocycles. The Hall–Kier alpha value is -3.42. The summed E-state index contributed by atoms with van der Waals surface area (Å²) in [4.78, 5) is 44.9. The smallest absolute Gasteiger partial charge is 0.329 e. The molecule has 2 aromatic heterocycles. The highest BCUT2D eigenvalue weighted by atomic mass is 16.5. The molecule has 31 heavy (non-hydrogen) atoms. The highest BCUT2D eigenvalue weighted by molar-refractivity contribution is 6.05. The number of nitrogens with one attached hydrogen (secondary N) is 2. The minimum Gasteiger partial charge on any atom is -0.492 e. The first-order valence-corrected chi connectivity index (χ1v) is 10.6. The number of nitrogens with zero attached hydrogens (tertiary/aromatic N) is 2. The predicted octanol–water partition coefficient (Wildman–Crippen LogP) is 2.49. The second-order valence-electron chi connectivity index (χ2n) is 7.90. The van der Waals surface area contributed by atoms with Crippen molar-refractivity contribution in [3.8, 4) is 5.75 Å². The highest BCUT2D eigenvalue weighted by Gasteiger charge is 2.28. The Balaban J connectivity index is 1.60. The van der Waals surface area contributed by atoms with Crippen LogP contribution in [0.1, 0.15) is 53.7 Å². The van der Waals surface area contributed by atoms with Crippen molar-refractivity contribution in [2.75, 3.05) is 13.2 Å². The van der Waals surface area contributed by atoms with E-state index in [1.54, 1.807) is 6.07 Å². The van der Waals surface area contributed by atoms with Gasteiger partial charge in [0.1, 0.15) is 12.4 Å². The van der Waals surface area contributed by atoms with Gasteiger partial charge in [0.05, 0.1) is 17.5 Å². The van der Waals surface area contributed by atoms with Crippen molar-refractivity contribution in [2.45, 2.75) is 45.6 Å². The van der Waals surface area contributed by atoms with Crippen LogP contribution in [0.15, 0.2) is 39.9 Å². The monoisotopic (exact) mass is 422 g/mol. The van der Waals surface area contributed by atoms with Gasteiger partial charge in [-0.3, -0.25) is 19.1 Å². The van der Waals surface area contributed by atoms with Gasteiger partial charge in [-0.15, -0.1) is 0 Å². The minimum absolute atomic E-state index is 0.148. The van der Waals surface area contributed by atoms with Crippen LogP contribution in [-0.2, 0) is 6.54 Å². The molecule has 0 bridgehead atoms. The van der Waals surface area contributed by atoms with E-state index in [4.69, 9.17) is 4.74 Å². The lowest BCUT2D eigenvalue weighted by Crippen LogP contribution is -2.34. The minimum atomic E-state index is -0.594. The molecule has 1 aliphatic rings. The molecule has 4 rings (SSSR count). The fourth-order valence-electron chi connectivity index (χ4n) is 3.55. The molecule has 0 atom stereocenters. The molecule has 162 valence electrons. The van der Waals surface area contributed by atoms with Crippen LogP contribution in [0.2, 0.25) is 0 Å². The zero-order chi connectivity index (χ0) is 22.0. The number of rotatable bonds is 8. The van der Waals surface area contributed by atoms with Crippen LogP contribution in [0.5, 0.6) is 5.75 Å². The van der Waals surface area contributed by atoms with Gasteiger partial charge in [0.25, 0.3) is 11.5 Å². The van der Waals surface area contributed by atoms with Crippen LogP contribution in [0, 0.1) is 6.92 Å². The summed E-state index contributed by atoms with van der Waals surface area (Å²) in [5, 5.41) is 2.97. The third-order valence-corrected chi connectivity index (χ3v) is 5.33. The normalized spacial score (nSPS) is 13.4. The van der Waals surface area contributed by atoms with E-state index in [0.29, 0.717) is 19.6 Å². The molecule has 1 aliphatic carbocycles. The molecular formula is C23H26N4O4. The zero-order valence-electron chi connectivity index (χ0n) is 17.7. The Morgan fingerprint density at radius 1 is 1.26 bits per heavy atom. The topological polar surface area (TPSA) is 106 Å². The first-order valence-electron chi connectivity index (χ1n) is 10.6. The summed E-state index contributed by atoms with van der Waals surface area (Å²) >= 11 is 0. The van der Waals surface area contributed by atoms with Crippen LogP contribution in [0.3, 0.4) is 0 Å². The lowest BCUT2D eigenvalue weighted by Gasteiger charge is -2.13. The Morgan fingerprint density at radius 2 is 2.00 bits per heavy atom. The largest absolute Gasteiger partial charge is 0.492 e. The summed E-state index contributed by atoms with van der Waals surface area (Å²) in [6.07, 6.45) is 2.69. The van der Waals surface area contributed by atoms with E-state index in [2.05, 4.69) is 15.3 Å². The molecule has 1 fully saturated rings. The highest BCUT2D eigenvalue weighted by Crippen LogP contribution is 2.39. The SMILES string of the molecule is CCCn1c(=O)[nH]c(=O)c2c(C(=O)NCCOc3ccc(C)cc3)cc(C3CC3)nc21. The van der Waals surface area contributed by atoms with E-state index in [-0.39, 0.29) is 35.0 Å². The summed E-state index contributed by atoms with van der Waals surface area (Å²) in [7, 11) is 0. The molecule has 3 aromatic rings. The Labute approximate surface area is 179 Å². The Bertz CT molecular complexity index is 1220. The quantitative estimate of drug-likeness (QED) is 0.543. The zero-order valence-corrected chi connectivity index (χ0v) is 17.7. The number of hydrogen-bond acceptors (Lipinski definition) is 5. The van der Waals surface area contributed by atoms with Crippen molar-refractivity contribution >= 4 is 16.9 Å². The third kappa shape index (κ3) is 4.52. The van der Waals surface area contributed by atoms with Gasteiger partial charge in [0, 0.05) is 18.2 Å². The average Bonchev–Trinajstić information content (AvgIpc) is 3.60. The molecule has 8 heteroatoms. The predicted molar refractivity (Wildman–Crippen MR) is 118 cm³/mol. The maximum atomic E-state index is 13.0. The van der Waals surface area contributed by atoms with Crippen molar-refractivity contribution in [2.24, 2.45) is 0 Å². The van der Waals surface area contributed by atoms with Crippen LogP contribution in [0.4, 0.5) is 0 Å². The molecule has 0 aliphatic heterocycles. The van der Waals surface area contributed by atoms with Gasteiger partial charge >= 0.3 is 5.69 Å². The molecule has 0 radical (unpaired) electrons. The first-order chi connectivity index (χ1) is 15.0. The van der Waals surface area contributed by atoms with Crippen molar-refractivity contribution in [3.63, 3.8) is 0 Å². The van der Waals surface area contributed by atoms with Gasteiger partial charge < -0.3 is 10.1 Å². The van der Waals surface area contributed by atoms with Crippen LogP contribution < -0.4 is 21.3 Å². The summed E-state index contributed by atoms with van der Waals surface area (Å²) in [5.74, 6) is 0.615. The average molecular weight is 422 g/mol. The van der Waals surface area contributed by atoms with E-state index in [9.17, 15) is 14.4 Å². The van der Waals surface area contributed by atoms with Crippen molar-refractivity contribution in [1.82, 2.24) is 19.9 Å². The fourth-order valence-corrected chi connectivity index (χ4v) is 3.55. The standard InChI is InChI=1S/C23H26N4O4/c1-3-11-27-20-19(22(29)26-23(27)30)17(13-18(25-20)15-6-7-15)21(28)24-10-12-31-16-8-4-14(2)5-9-16/h4-5,8-9,13,15H,3,6-7,10-12H2,1-2H3,(H,24,28)(H,26,29,30). The number of carbonyl (C=O) groups is 1. The summed E-state index contributed by atoms with van der Waals surface area (Å²) in [6, 6.07) is 9.35. The van der Waals surface area contributed by atoms with E-state index in [0.717, 1.165) is 29.8 Å². The van der Waals surface area contributed by atoms with Crippen molar-refractivity contribution in [3.05, 3.63) is 68.0 Å². The summed E-state index contributed by atoms with van der Waals surface area (Å²) < 4.78 is 7.10. The van der Waals surface area contributed by atoms with Crippen molar-refractivity contribution < 1.29 is 9.53 Å². The Kier molecular flexibility index (Phi) is 5.88. The van der Waals surface area contributed by atoms with Gasteiger partial charge in [0.15, 0.2) is 5.65 Å². The number of hydrogen-bond donors (Lipinski definition) is 2. The number of amides is 1. The lowest BCUT2D eigenvalue weighted by molar-refractivity contribution is 0.0948. The molecule has 1 aromatic carbocycles. The van der Waals surface area contributed by atoms with E-state index >= 15 is 0 Å². The molecule has 2 heterocycles. The van der Waals surface area contributed by atoms with Crippen LogP contribution >= 0.6 is 0 Å². The molecule has 0 saturated heterocycles. The molecule has 1 amide bonds. The van der Waals surface area contributed by atoms with Gasteiger partial charge in [-0.1, -0.05) is 24.6 Å². The maximum absolute atomic E-state index is 13.0. The van der Waals surface area contributed by atoms with Crippen molar-refractivity contribution in [1.29, 1.82) is 0 Å². The number of fused-ring (bicyclic) bond motifs is 1. The molecular weight excluding hydrogens is 396 g/mol. The van der Waals surface area contributed by atoms with Gasteiger partial charge in [0.2, 0.25) is 0 Å². The second-order valence-corrected chi connectivity index (χ2v) is 7.90. The van der Waals surface area contributed by atoms with Gasteiger partial charge in [-0.25, -0.2) is 9.78 Å². The molecule has 0 unspecified atom stereocenters. The molecule has 0 spiro atoms. The molecule has 8 nitrogen and oxygen atoms in total. The van der Waals surface area contributed by atoms with Crippen LogP contribution in [-0.4, -0.2) is 33.6 Å². The second kappa shape index (κ2) is 8.75. The number of pyridine rings is 1. The lowest BCUT2D eigenvalue weighted by atomic mass is 10.1. The van der Waals surface area contributed by atoms with Gasteiger partial charge in [-0.2, -0.15) is 0 Å². The van der Waals surface area contributed by atoms with Gasteiger partial charge in [-0.05, 0) is 44.4 Å². The summed E-state index contributed by atoms with van der Waals surface area (Å²) in [5.41, 5.74) is 1.32. The first kappa shape index (κ1) is 20.8. The Morgan fingerprint density at radius 3 is 2.68 bits per heavy atom. The van der Waals surface area contributed by atoms with E-state index < -0.39 is 11.2 Å².